The molecular formula is C18H17N5. The fourth-order valence-electron chi connectivity index (χ4n) is 2.90. The summed E-state index contributed by atoms with van der Waals surface area (Å²) in [4.78, 5) is 12.2. The molecule has 3 aromatic heterocycles. The van der Waals surface area contributed by atoms with E-state index in [2.05, 4.69) is 56.9 Å². The van der Waals surface area contributed by atoms with Gasteiger partial charge in [0.1, 0.15) is 11.5 Å². The van der Waals surface area contributed by atoms with Gasteiger partial charge < -0.3 is 15.3 Å². The zero-order valence-corrected chi connectivity index (χ0v) is 12.8. The van der Waals surface area contributed by atoms with Crippen LogP contribution in [-0.4, -0.2) is 19.5 Å². The first kappa shape index (κ1) is 13.6. The minimum absolute atomic E-state index is 0.413. The number of aromatic amines is 1. The Morgan fingerprint density at radius 1 is 1.17 bits per heavy atom. The SMILES string of the molecule is CCn1ccc2cc(-c3ncc(N)nc3-c3ccc[nH]3)ccc21. The standard InChI is InChI=1S/C18H17N5/c1-2-23-9-7-12-10-13(5-6-15(12)23)17-18(14-4-3-8-20-14)22-16(19)11-21-17/h3-11,20H,2H2,1H3,(H2,19,22). The minimum Gasteiger partial charge on any atom is -0.382 e. The molecule has 0 spiro atoms. The molecule has 0 aliphatic rings. The first-order chi connectivity index (χ1) is 11.3. The Morgan fingerprint density at radius 2 is 2.09 bits per heavy atom. The van der Waals surface area contributed by atoms with Crippen molar-refractivity contribution in [2.75, 3.05) is 5.73 Å². The molecule has 23 heavy (non-hydrogen) atoms. The molecule has 0 radical (unpaired) electrons. The highest BCUT2D eigenvalue weighted by Crippen LogP contribution is 2.30. The normalized spacial score (nSPS) is 11.2. The number of benzene rings is 1. The molecule has 0 bridgehead atoms. The fraction of sp³-hybridized carbons (Fsp3) is 0.111. The van der Waals surface area contributed by atoms with Gasteiger partial charge in [0.25, 0.3) is 0 Å². The van der Waals surface area contributed by atoms with Crippen molar-refractivity contribution in [2.24, 2.45) is 0 Å². The molecule has 0 saturated carbocycles. The largest absolute Gasteiger partial charge is 0.382 e. The maximum absolute atomic E-state index is 5.83. The van der Waals surface area contributed by atoms with Crippen LogP contribution >= 0.6 is 0 Å². The van der Waals surface area contributed by atoms with Gasteiger partial charge in [0.2, 0.25) is 0 Å². The minimum atomic E-state index is 0.413. The number of hydrogen-bond acceptors (Lipinski definition) is 3. The van der Waals surface area contributed by atoms with E-state index in [1.807, 2.05) is 18.3 Å². The molecule has 4 rings (SSSR count). The Balaban J connectivity index is 1.91. The van der Waals surface area contributed by atoms with Gasteiger partial charge in [0.15, 0.2) is 0 Å². The second kappa shape index (κ2) is 5.28. The van der Waals surface area contributed by atoms with E-state index in [0.717, 1.165) is 29.2 Å². The number of anilines is 1. The van der Waals surface area contributed by atoms with Crippen molar-refractivity contribution >= 4 is 16.7 Å². The van der Waals surface area contributed by atoms with Crippen LogP contribution in [0.5, 0.6) is 0 Å². The van der Waals surface area contributed by atoms with Crippen molar-refractivity contribution in [2.45, 2.75) is 13.5 Å². The van der Waals surface area contributed by atoms with Crippen molar-refractivity contribution in [3.63, 3.8) is 0 Å². The van der Waals surface area contributed by atoms with Crippen LogP contribution in [0.4, 0.5) is 5.82 Å². The highest BCUT2D eigenvalue weighted by atomic mass is 14.9. The van der Waals surface area contributed by atoms with Crippen molar-refractivity contribution in [3.8, 4) is 22.6 Å². The lowest BCUT2D eigenvalue weighted by atomic mass is 10.1. The lowest BCUT2D eigenvalue weighted by Crippen LogP contribution is -1.98. The molecule has 0 amide bonds. The highest BCUT2D eigenvalue weighted by molar-refractivity contribution is 5.87. The maximum atomic E-state index is 5.83. The summed E-state index contributed by atoms with van der Waals surface area (Å²) >= 11 is 0. The van der Waals surface area contributed by atoms with Crippen LogP contribution < -0.4 is 5.73 Å². The number of hydrogen-bond donors (Lipinski definition) is 2. The van der Waals surface area contributed by atoms with E-state index in [4.69, 9.17) is 5.73 Å². The van der Waals surface area contributed by atoms with Gasteiger partial charge >= 0.3 is 0 Å². The van der Waals surface area contributed by atoms with Crippen LogP contribution in [0.25, 0.3) is 33.5 Å². The van der Waals surface area contributed by atoms with E-state index < -0.39 is 0 Å². The number of H-pyrrole nitrogens is 1. The Labute approximate surface area is 133 Å². The van der Waals surface area contributed by atoms with Crippen molar-refractivity contribution in [1.82, 2.24) is 19.5 Å². The van der Waals surface area contributed by atoms with Gasteiger partial charge in [-0.2, -0.15) is 0 Å². The summed E-state index contributed by atoms with van der Waals surface area (Å²) in [7, 11) is 0. The number of aryl methyl sites for hydroxylation is 1. The number of fused-ring (bicyclic) bond motifs is 1. The van der Waals surface area contributed by atoms with Gasteiger partial charge in [-0.1, -0.05) is 6.07 Å². The van der Waals surface area contributed by atoms with E-state index in [9.17, 15) is 0 Å². The van der Waals surface area contributed by atoms with Gasteiger partial charge in [-0.15, -0.1) is 0 Å². The molecule has 0 aliphatic carbocycles. The molecule has 0 saturated heterocycles. The molecule has 0 fully saturated rings. The number of nitrogens with one attached hydrogen (secondary N) is 1. The average molecular weight is 303 g/mol. The summed E-state index contributed by atoms with van der Waals surface area (Å²) in [6.45, 7) is 3.10. The Morgan fingerprint density at radius 3 is 2.87 bits per heavy atom. The van der Waals surface area contributed by atoms with E-state index in [1.165, 1.54) is 10.9 Å². The van der Waals surface area contributed by atoms with Crippen LogP contribution in [0.1, 0.15) is 6.92 Å². The summed E-state index contributed by atoms with van der Waals surface area (Å²) in [5.74, 6) is 0.413. The Hall–Kier alpha value is -3.08. The van der Waals surface area contributed by atoms with E-state index in [1.54, 1.807) is 6.20 Å². The third-order valence-electron chi connectivity index (χ3n) is 4.03. The molecule has 3 N–H and O–H groups in total. The lowest BCUT2D eigenvalue weighted by molar-refractivity contribution is 0.798. The molecule has 4 aromatic rings. The van der Waals surface area contributed by atoms with Crippen molar-refractivity contribution < 1.29 is 0 Å². The summed E-state index contributed by atoms with van der Waals surface area (Å²) in [6, 6.07) is 12.4. The highest BCUT2D eigenvalue weighted by Gasteiger charge is 2.13. The number of nitrogens with zero attached hydrogens (tertiary/aromatic N) is 3. The fourth-order valence-corrected chi connectivity index (χ4v) is 2.90. The monoisotopic (exact) mass is 303 g/mol. The van der Waals surface area contributed by atoms with Crippen molar-refractivity contribution in [3.05, 3.63) is 55.0 Å². The number of rotatable bonds is 3. The van der Waals surface area contributed by atoms with Crippen LogP contribution in [0.15, 0.2) is 55.0 Å². The zero-order chi connectivity index (χ0) is 15.8. The van der Waals surface area contributed by atoms with E-state index >= 15 is 0 Å². The van der Waals surface area contributed by atoms with E-state index in [-0.39, 0.29) is 0 Å². The molecule has 0 unspecified atom stereocenters. The third-order valence-corrected chi connectivity index (χ3v) is 4.03. The average Bonchev–Trinajstić information content (AvgIpc) is 3.23. The predicted molar refractivity (Wildman–Crippen MR) is 92.8 cm³/mol. The summed E-state index contributed by atoms with van der Waals surface area (Å²) < 4.78 is 2.22. The molecule has 0 aliphatic heterocycles. The maximum Gasteiger partial charge on any atom is 0.142 e. The Kier molecular flexibility index (Phi) is 3.12. The summed E-state index contributed by atoms with van der Waals surface area (Å²) in [5.41, 5.74) is 10.6. The lowest BCUT2D eigenvalue weighted by Gasteiger charge is -2.08. The van der Waals surface area contributed by atoms with Crippen molar-refractivity contribution in [1.29, 1.82) is 0 Å². The summed E-state index contributed by atoms with van der Waals surface area (Å²) in [6.07, 6.45) is 5.58. The van der Waals surface area contributed by atoms with Gasteiger partial charge in [0, 0.05) is 35.4 Å². The smallest absolute Gasteiger partial charge is 0.142 e. The second-order valence-corrected chi connectivity index (χ2v) is 5.45. The predicted octanol–water partition coefficient (Wildman–Crippen LogP) is 3.70. The van der Waals surface area contributed by atoms with Crippen LogP contribution in [-0.2, 0) is 6.54 Å². The van der Waals surface area contributed by atoms with Crippen LogP contribution in [0.2, 0.25) is 0 Å². The van der Waals surface area contributed by atoms with Crippen LogP contribution in [0.3, 0.4) is 0 Å². The summed E-state index contributed by atoms with van der Waals surface area (Å²) in [5, 5.41) is 1.19. The molecule has 5 heteroatoms. The molecule has 3 heterocycles. The number of aromatic nitrogens is 4. The number of nitrogen functional groups attached to an aromatic ring is 1. The molecular weight excluding hydrogens is 286 g/mol. The third kappa shape index (κ3) is 2.26. The number of nitrogens with two attached hydrogens (primary N) is 1. The first-order valence-corrected chi connectivity index (χ1v) is 7.62. The van der Waals surface area contributed by atoms with E-state index in [0.29, 0.717) is 5.82 Å². The van der Waals surface area contributed by atoms with Gasteiger partial charge in [0.05, 0.1) is 17.6 Å². The quantitative estimate of drug-likeness (QED) is 0.606. The van der Waals surface area contributed by atoms with Gasteiger partial charge in [-0.3, -0.25) is 4.98 Å². The zero-order valence-electron chi connectivity index (χ0n) is 12.8. The second-order valence-electron chi connectivity index (χ2n) is 5.45. The van der Waals surface area contributed by atoms with Gasteiger partial charge in [-0.25, -0.2) is 4.98 Å². The molecule has 5 nitrogen and oxygen atoms in total. The Bertz CT molecular complexity index is 966. The molecule has 0 atom stereocenters. The molecule has 114 valence electrons. The molecule has 1 aromatic carbocycles. The topological polar surface area (TPSA) is 72.5 Å². The van der Waals surface area contributed by atoms with Crippen LogP contribution in [0, 0.1) is 0 Å². The van der Waals surface area contributed by atoms with Gasteiger partial charge in [-0.05, 0) is 37.3 Å². The first-order valence-electron chi connectivity index (χ1n) is 7.62.